The van der Waals surface area contributed by atoms with E-state index < -0.39 is 53.5 Å². The number of fused-ring (bicyclic) bond motifs is 1. The van der Waals surface area contributed by atoms with E-state index in [9.17, 15) is 19.8 Å². The predicted molar refractivity (Wildman–Crippen MR) is 130 cm³/mol. The third kappa shape index (κ3) is 6.42. The number of oxazole rings is 1. The van der Waals surface area contributed by atoms with Crippen LogP contribution in [0.4, 0.5) is 4.39 Å². The topological polar surface area (TPSA) is 122 Å². The van der Waals surface area contributed by atoms with Crippen molar-refractivity contribution in [3.05, 3.63) is 23.7 Å². The smallest absolute Gasteiger partial charge is 0.309 e. The highest BCUT2D eigenvalue weighted by Gasteiger charge is 2.53. The monoisotopic (exact) mass is 509 g/mol. The number of carbonyl (C=O) groups is 2. The average molecular weight is 510 g/mol. The van der Waals surface area contributed by atoms with Gasteiger partial charge in [0.25, 0.3) is 0 Å². The summed E-state index contributed by atoms with van der Waals surface area (Å²) in [4.78, 5) is 30.2. The van der Waals surface area contributed by atoms with Crippen molar-refractivity contribution in [2.75, 3.05) is 0 Å². The highest BCUT2D eigenvalue weighted by Crippen LogP contribution is 2.45. The van der Waals surface area contributed by atoms with Crippen molar-refractivity contribution in [3.8, 4) is 0 Å². The molecule has 0 bridgehead atoms. The quantitative estimate of drug-likeness (QED) is 0.457. The molecular weight excluding hydrogens is 469 g/mol. The molecule has 7 atom stereocenters. The second kappa shape index (κ2) is 11.1. The van der Waals surface area contributed by atoms with Crippen LogP contribution in [-0.2, 0) is 19.1 Å². The van der Waals surface area contributed by atoms with Crippen molar-refractivity contribution in [2.45, 2.75) is 110 Å². The summed E-state index contributed by atoms with van der Waals surface area (Å²) in [5, 5.41) is 21.8. The first-order valence-electron chi connectivity index (χ1n) is 12.9. The molecule has 2 fully saturated rings. The number of aliphatic hydroxyl groups excluding tert-OH is 2. The van der Waals surface area contributed by atoms with Crippen LogP contribution in [0.2, 0.25) is 0 Å². The number of cyclic esters (lactones) is 1. The number of rotatable bonds is 3. The molecule has 0 saturated carbocycles. The molecule has 0 radical (unpaired) electrons. The zero-order valence-electron chi connectivity index (χ0n) is 22.1. The zero-order chi connectivity index (χ0) is 26.8. The van der Waals surface area contributed by atoms with Crippen LogP contribution in [0.15, 0.2) is 16.5 Å². The van der Waals surface area contributed by atoms with E-state index in [0.29, 0.717) is 25.2 Å². The summed E-state index contributed by atoms with van der Waals surface area (Å²) in [7, 11) is 0. The Morgan fingerprint density at radius 2 is 1.97 bits per heavy atom. The minimum atomic E-state index is -1.37. The van der Waals surface area contributed by atoms with Gasteiger partial charge in [0.05, 0.1) is 35.7 Å². The molecule has 0 aliphatic carbocycles. The lowest BCUT2D eigenvalue weighted by atomic mass is 9.71. The summed E-state index contributed by atoms with van der Waals surface area (Å²) in [5.41, 5.74) is -1.53. The summed E-state index contributed by atoms with van der Waals surface area (Å²) in [6.45, 7) is 10.4. The van der Waals surface area contributed by atoms with Gasteiger partial charge in [-0.3, -0.25) is 9.59 Å². The van der Waals surface area contributed by atoms with Crippen LogP contribution in [0, 0.1) is 24.2 Å². The Kier molecular flexibility index (Phi) is 8.78. The van der Waals surface area contributed by atoms with E-state index in [-0.39, 0.29) is 29.9 Å². The fourth-order valence-corrected chi connectivity index (χ4v) is 5.09. The Hall–Kier alpha value is -2.10. The maximum Gasteiger partial charge on any atom is 0.309 e. The number of aliphatic hydroxyl groups is 2. The second-order valence-corrected chi connectivity index (χ2v) is 11.1. The first-order chi connectivity index (χ1) is 16.8. The van der Waals surface area contributed by atoms with Gasteiger partial charge in [0.2, 0.25) is 0 Å². The van der Waals surface area contributed by atoms with E-state index in [0.717, 1.165) is 12.5 Å². The van der Waals surface area contributed by atoms with Gasteiger partial charge in [0.15, 0.2) is 12.0 Å². The molecule has 9 heteroatoms. The lowest BCUT2D eigenvalue weighted by Gasteiger charge is -2.35. The molecule has 0 unspecified atom stereocenters. The minimum Gasteiger partial charge on any atom is -0.455 e. The average Bonchev–Trinajstić information content (AvgIpc) is 3.24. The maximum absolute atomic E-state index is 15.3. The van der Waals surface area contributed by atoms with E-state index in [1.165, 1.54) is 6.26 Å². The fraction of sp³-hybridized carbons (Fsp3) is 0.741. The number of aryl methyl sites for hydroxylation is 1. The molecule has 2 aliphatic heterocycles. The molecule has 2 saturated heterocycles. The number of ketones is 1. The third-order valence-electron chi connectivity index (χ3n) is 7.90. The summed E-state index contributed by atoms with van der Waals surface area (Å²) < 4.78 is 31.8. The van der Waals surface area contributed by atoms with Gasteiger partial charge in [-0.05, 0) is 32.1 Å². The van der Waals surface area contributed by atoms with Crippen LogP contribution >= 0.6 is 0 Å². The largest absolute Gasteiger partial charge is 0.455 e. The first-order valence-corrected chi connectivity index (χ1v) is 12.9. The van der Waals surface area contributed by atoms with E-state index in [4.69, 9.17) is 13.9 Å². The molecule has 0 aromatic carbocycles. The summed E-state index contributed by atoms with van der Waals surface area (Å²) >= 11 is 0. The third-order valence-corrected chi connectivity index (χ3v) is 7.90. The van der Waals surface area contributed by atoms with Gasteiger partial charge in [0.1, 0.15) is 23.6 Å². The van der Waals surface area contributed by atoms with Crippen molar-refractivity contribution in [1.29, 1.82) is 0 Å². The lowest BCUT2D eigenvalue weighted by molar-refractivity contribution is -0.155. The fourth-order valence-electron chi connectivity index (χ4n) is 5.09. The van der Waals surface area contributed by atoms with Gasteiger partial charge in [-0.25, -0.2) is 9.37 Å². The van der Waals surface area contributed by atoms with Crippen LogP contribution in [0.1, 0.15) is 84.7 Å². The van der Waals surface area contributed by atoms with E-state index >= 15 is 4.39 Å². The Morgan fingerprint density at radius 3 is 2.58 bits per heavy atom. The van der Waals surface area contributed by atoms with Crippen molar-refractivity contribution >= 4 is 17.8 Å². The van der Waals surface area contributed by atoms with Crippen molar-refractivity contribution < 1.29 is 38.1 Å². The Balaban J connectivity index is 1.87. The molecule has 2 aliphatic rings. The maximum atomic E-state index is 15.3. The highest BCUT2D eigenvalue weighted by molar-refractivity contribution is 5.88. The summed E-state index contributed by atoms with van der Waals surface area (Å²) in [5.74, 6) is -2.27. The highest BCUT2D eigenvalue weighted by atomic mass is 19.1. The number of hydrogen-bond donors (Lipinski definition) is 2. The second-order valence-electron chi connectivity index (χ2n) is 11.1. The molecule has 0 spiro atoms. The van der Waals surface area contributed by atoms with E-state index in [2.05, 4.69) is 4.98 Å². The standard InChI is InChI=1S/C27H40FNO7/c1-7-18-24(32)15(2)9-8-10-27(6)22(36-27)12-20(19(28)11-17-14-34-16(3)29-17)35-23(31)13-21(30)26(4,5)25(18)33/h11,14-15,18,20-22,24,30,32H,7-10,12-13H2,1-6H3/b19-11+/t15-,18+,20-,21-,22-,24-,27-/m0/s1. The van der Waals surface area contributed by atoms with Crippen LogP contribution in [0.3, 0.4) is 0 Å². The van der Waals surface area contributed by atoms with Crippen LogP contribution in [-0.4, -0.2) is 57.0 Å². The number of esters is 1. The SMILES string of the molecule is CC[C@H]1C(=O)C(C)(C)[C@@H](O)CC(=O)O[C@H](/C(F)=C\c2coc(C)n2)C[C@@H]2O[C@@]2(C)CCC[C@H](C)[C@@H]1O. The number of Topliss-reactive ketones (excluding diaryl/α,β-unsaturated/α-hetero) is 1. The van der Waals surface area contributed by atoms with Crippen LogP contribution in [0.5, 0.6) is 0 Å². The Labute approximate surface area is 212 Å². The molecule has 1 aromatic rings. The van der Waals surface area contributed by atoms with Gasteiger partial charge in [-0.15, -0.1) is 0 Å². The van der Waals surface area contributed by atoms with Crippen molar-refractivity contribution in [2.24, 2.45) is 17.3 Å². The molecule has 202 valence electrons. The molecule has 1 aromatic heterocycles. The molecule has 8 nitrogen and oxygen atoms in total. The number of epoxide rings is 1. The zero-order valence-corrected chi connectivity index (χ0v) is 22.1. The predicted octanol–water partition coefficient (Wildman–Crippen LogP) is 4.31. The van der Waals surface area contributed by atoms with Crippen LogP contribution in [0.25, 0.3) is 6.08 Å². The van der Waals surface area contributed by atoms with Gasteiger partial charge in [-0.1, -0.05) is 34.1 Å². The molecular formula is C27H40FNO7. The first kappa shape index (κ1) is 28.5. The number of nitrogens with zero attached hydrogens (tertiary/aromatic N) is 1. The van der Waals surface area contributed by atoms with Gasteiger partial charge in [-0.2, -0.15) is 0 Å². The van der Waals surface area contributed by atoms with Gasteiger partial charge >= 0.3 is 5.97 Å². The number of ether oxygens (including phenoxy) is 2. The Bertz CT molecular complexity index is 973. The van der Waals surface area contributed by atoms with Crippen molar-refractivity contribution in [3.63, 3.8) is 0 Å². The number of aromatic nitrogens is 1. The molecule has 36 heavy (non-hydrogen) atoms. The van der Waals surface area contributed by atoms with Crippen molar-refractivity contribution in [1.82, 2.24) is 4.98 Å². The van der Waals surface area contributed by atoms with Crippen LogP contribution < -0.4 is 0 Å². The number of carbonyl (C=O) groups excluding carboxylic acids is 2. The minimum absolute atomic E-state index is 0.107. The molecule has 3 heterocycles. The van der Waals surface area contributed by atoms with E-state index in [1.54, 1.807) is 20.8 Å². The molecule has 2 N–H and O–H groups in total. The number of hydrogen-bond acceptors (Lipinski definition) is 8. The normalized spacial score (nSPS) is 36.8. The lowest BCUT2D eigenvalue weighted by Crippen LogP contribution is -2.46. The summed E-state index contributed by atoms with van der Waals surface area (Å²) in [6.07, 6.45) is 0.861. The van der Waals surface area contributed by atoms with E-state index in [1.807, 2.05) is 20.8 Å². The Morgan fingerprint density at radius 1 is 1.28 bits per heavy atom. The summed E-state index contributed by atoms with van der Waals surface area (Å²) in [6, 6.07) is 0. The molecule has 3 rings (SSSR count). The molecule has 0 amide bonds. The van der Waals surface area contributed by atoms with Gasteiger partial charge < -0.3 is 24.1 Å². The van der Waals surface area contributed by atoms with Gasteiger partial charge in [0, 0.05) is 25.3 Å². The number of halogens is 1.